The highest BCUT2D eigenvalue weighted by molar-refractivity contribution is 8.18. The third kappa shape index (κ3) is 2.97. The summed E-state index contributed by atoms with van der Waals surface area (Å²) in [5.41, 5.74) is 2.51. The summed E-state index contributed by atoms with van der Waals surface area (Å²) in [5, 5.41) is 0.629. The molecule has 1 atom stereocenters. The zero-order valence-electron chi connectivity index (χ0n) is 15.6. The first-order valence-electron chi connectivity index (χ1n) is 8.37. The summed E-state index contributed by atoms with van der Waals surface area (Å²) in [5.74, 6) is -0.115. The molecule has 1 saturated heterocycles. The van der Waals surface area contributed by atoms with Crippen LogP contribution in [0.1, 0.15) is 44.2 Å². The molecule has 2 heterocycles. The molecule has 2 aliphatic rings. The number of benzene rings is 1. The molecule has 0 N–H and O–H groups in total. The van der Waals surface area contributed by atoms with E-state index in [1.54, 1.807) is 26.2 Å². The quantitative estimate of drug-likeness (QED) is 0.707. The van der Waals surface area contributed by atoms with E-state index in [9.17, 15) is 9.18 Å². The van der Waals surface area contributed by atoms with Crippen LogP contribution in [0.2, 0.25) is 0 Å². The molecule has 3 rings (SSSR count). The molecule has 0 aromatic heterocycles. The number of amides is 1. The van der Waals surface area contributed by atoms with Crippen LogP contribution in [0.25, 0.3) is 6.08 Å². The number of rotatable bonds is 1. The average molecular weight is 361 g/mol. The Hall–Kier alpha value is -1.82. The van der Waals surface area contributed by atoms with E-state index in [1.807, 2.05) is 13.1 Å². The van der Waals surface area contributed by atoms with Gasteiger partial charge in [-0.15, -0.1) is 0 Å². The molecule has 1 aromatic carbocycles. The number of thioether (sulfide) groups is 1. The van der Waals surface area contributed by atoms with Gasteiger partial charge in [0.25, 0.3) is 5.91 Å². The van der Waals surface area contributed by atoms with Gasteiger partial charge in [-0.2, -0.15) is 0 Å². The highest BCUT2D eigenvalue weighted by Gasteiger charge is 2.35. The fourth-order valence-corrected chi connectivity index (χ4v) is 4.52. The predicted octanol–water partition coefficient (Wildman–Crippen LogP) is 4.08. The average Bonchev–Trinajstić information content (AvgIpc) is 2.81. The van der Waals surface area contributed by atoms with Gasteiger partial charge in [0, 0.05) is 37.9 Å². The van der Waals surface area contributed by atoms with Crippen LogP contribution in [0.15, 0.2) is 22.0 Å². The van der Waals surface area contributed by atoms with E-state index in [4.69, 9.17) is 0 Å². The Labute approximate surface area is 152 Å². The first kappa shape index (κ1) is 18.0. The Balaban J connectivity index is 2.05. The smallest absolute Gasteiger partial charge is 0.266 e. The van der Waals surface area contributed by atoms with Crippen LogP contribution in [-0.4, -0.2) is 42.7 Å². The van der Waals surface area contributed by atoms with Crippen LogP contribution in [-0.2, 0) is 4.79 Å². The molecule has 1 aromatic rings. The Morgan fingerprint density at radius 1 is 1.36 bits per heavy atom. The summed E-state index contributed by atoms with van der Waals surface area (Å²) in [6.45, 7) is 6.53. The van der Waals surface area contributed by atoms with Crippen LogP contribution in [0.4, 0.5) is 10.1 Å². The number of aliphatic imine (C=N–C) groups is 1. The van der Waals surface area contributed by atoms with Crippen molar-refractivity contribution in [1.29, 1.82) is 0 Å². The zero-order chi connectivity index (χ0) is 18.5. The molecule has 0 bridgehead atoms. The molecule has 134 valence electrons. The Morgan fingerprint density at radius 2 is 2.04 bits per heavy atom. The van der Waals surface area contributed by atoms with E-state index in [0.717, 1.165) is 17.7 Å². The maximum Gasteiger partial charge on any atom is 0.266 e. The Morgan fingerprint density at radius 3 is 2.64 bits per heavy atom. The van der Waals surface area contributed by atoms with Gasteiger partial charge in [0.1, 0.15) is 5.82 Å². The predicted molar refractivity (Wildman–Crippen MR) is 104 cm³/mol. The van der Waals surface area contributed by atoms with Crippen LogP contribution in [0.3, 0.4) is 0 Å². The number of carbonyl (C=O) groups is 1. The van der Waals surface area contributed by atoms with Gasteiger partial charge in [0.2, 0.25) is 0 Å². The van der Waals surface area contributed by atoms with E-state index in [1.165, 1.54) is 16.7 Å². The lowest BCUT2D eigenvalue weighted by Gasteiger charge is -2.45. The van der Waals surface area contributed by atoms with E-state index >= 15 is 0 Å². The lowest BCUT2D eigenvalue weighted by Crippen LogP contribution is -2.45. The first-order chi connectivity index (χ1) is 11.7. The van der Waals surface area contributed by atoms with Gasteiger partial charge in [-0.05, 0) is 61.7 Å². The molecule has 6 heteroatoms. The maximum absolute atomic E-state index is 14.8. The van der Waals surface area contributed by atoms with Crippen molar-refractivity contribution in [3.63, 3.8) is 0 Å². The van der Waals surface area contributed by atoms with Crippen LogP contribution < -0.4 is 4.90 Å². The Bertz CT molecular complexity index is 800. The van der Waals surface area contributed by atoms with Gasteiger partial charge in [-0.25, -0.2) is 4.39 Å². The van der Waals surface area contributed by atoms with Crippen molar-refractivity contribution in [2.75, 3.05) is 26.0 Å². The van der Waals surface area contributed by atoms with Crippen molar-refractivity contribution in [2.45, 2.75) is 38.6 Å². The number of fused-ring (bicyclic) bond motifs is 1. The lowest BCUT2D eigenvalue weighted by atomic mass is 9.80. The van der Waals surface area contributed by atoms with E-state index < -0.39 is 0 Å². The third-order valence-electron chi connectivity index (χ3n) is 5.23. The summed E-state index contributed by atoms with van der Waals surface area (Å²) in [6.07, 6.45) is 2.64. The monoisotopic (exact) mass is 361 g/mol. The van der Waals surface area contributed by atoms with E-state index in [2.05, 4.69) is 30.7 Å². The van der Waals surface area contributed by atoms with Gasteiger partial charge in [0.15, 0.2) is 5.17 Å². The van der Waals surface area contributed by atoms with Crippen molar-refractivity contribution >= 4 is 34.6 Å². The van der Waals surface area contributed by atoms with E-state index in [-0.39, 0.29) is 17.3 Å². The number of halogens is 1. The van der Waals surface area contributed by atoms with Crippen molar-refractivity contribution in [2.24, 2.45) is 4.99 Å². The fourth-order valence-electron chi connectivity index (χ4n) is 3.61. The molecule has 0 radical (unpaired) electrons. The highest BCUT2D eigenvalue weighted by Crippen LogP contribution is 2.44. The molecule has 1 unspecified atom stereocenters. The van der Waals surface area contributed by atoms with Crippen LogP contribution in [0, 0.1) is 5.82 Å². The third-order valence-corrected chi connectivity index (χ3v) is 6.38. The molecule has 0 aliphatic carbocycles. The summed E-state index contributed by atoms with van der Waals surface area (Å²) >= 11 is 1.28. The SMILES string of the molecule is CN=C1S/C(=C/c2cc3c(cc2F)N(C)C(C)(C)CC3C)C(=O)N1C. The first-order valence-corrected chi connectivity index (χ1v) is 9.19. The molecule has 4 nitrogen and oxygen atoms in total. The zero-order valence-corrected chi connectivity index (χ0v) is 16.4. The van der Waals surface area contributed by atoms with E-state index in [0.29, 0.717) is 21.6 Å². The molecular weight excluding hydrogens is 337 g/mol. The van der Waals surface area contributed by atoms with Crippen molar-refractivity contribution < 1.29 is 9.18 Å². The van der Waals surface area contributed by atoms with Crippen molar-refractivity contribution in [3.05, 3.63) is 34.0 Å². The summed E-state index contributed by atoms with van der Waals surface area (Å²) in [4.78, 5) is 20.5. The number of nitrogens with zero attached hydrogens (tertiary/aromatic N) is 3. The van der Waals surface area contributed by atoms with Gasteiger partial charge in [-0.3, -0.25) is 14.7 Å². The molecule has 2 aliphatic heterocycles. The van der Waals surface area contributed by atoms with Gasteiger partial charge >= 0.3 is 0 Å². The number of anilines is 1. The van der Waals surface area contributed by atoms with Gasteiger partial charge < -0.3 is 4.90 Å². The normalized spacial score (nSPS) is 25.9. The van der Waals surface area contributed by atoms with Crippen LogP contribution >= 0.6 is 11.8 Å². The standard InChI is InChI=1S/C19H24FN3OS/c1-11-10-19(2,3)23(6)15-9-14(20)12(7-13(11)15)8-16-17(24)22(5)18(21-4)25-16/h7-9,11H,10H2,1-6H3/b16-8+,21-18?. The van der Waals surface area contributed by atoms with Crippen molar-refractivity contribution in [3.8, 4) is 0 Å². The second-order valence-electron chi connectivity index (χ2n) is 7.39. The summed E-state index contributed by atoms with van der Waals surface area (Å²) in [6, 6.07) is 3.49. The number of hydrogen-bond acceptors (Lipinski definition) is 4. The Kier molecular flexibility index (Phi) is 4.43. The number of likely N-dealkylation sites (N-methyl/N-ethyl adjacent to an activating group) is 1. The summed E-state index contributed by atoms with van der Waals surface area (Å²) in [7, 11) is 5.34. The molecular formula is C19H24FN3OS. The number of carbonyl (C=O) groups excluding carboxylic acids is 1. The van der Waals surface area contributed by atoms with Gasteiger partial charge in [0.05, 0.1) is 4.91 Å². The minimum atomic E-state index is -0.305. The largest absolute Gasteiger partial charge is 0.369 e. The van der Waals surface area contributed by atoms with Crippen LogP contribution in [0.5, 0.6) is 0 Å². The second kappa shape index (κ2) is 6.16. The fraction of sp³-hybridized carbons (Fsp3) is 0.474. The maximum atomic E-state index is 14.8. The molecule has 1 amide bonds. The molecule has 25 heavy (non-hydrogen) atoms. The summed E-state index contributed by atoms with van der Waals surface area (Å²) < 4.78 is 14.8. The molecule has 0 spiro atoms. The highest BCUT2D eigenvalue weighted by atomic mass is 32.2. The minimum Gasteiger partial charge on any atom is -0.369 e. The van der Waals surface area contributed by atoms with Gasteiger partial charge in [-0.1, -0.05) is 6.92 Å². The topological polar surface area (TPSA) is 35.9 Å². The number of hydrogen-bond donors (Lipinski definition) is 0. The minimum absolute atomic E-state index is 0.00862. The lowest BCUT2D eigenvalue weighted by molar-refractivity contribution is -0.121. The van der Waals surface area contributed by atoms with Crippen molar-refractivity contribution in [1.82, 2.24) is 4.90 Å². The number of amidine groups is 1. The molecule has 0 saturated carbocycles. The molecule has 1 fully saturated rings. The second-order valence-corrected chi connectivity index (χ2v) is 8.40.